The van der Waals surface area contributed by atoms with Gasteiger partial charge in [-0.3, -0.25) is 4.99 Å². The summed E-state index contributed by atoms with van der Waals surface area (Å²) < 4.78 is 24.7. The van der Waals surface area contributed by atoms with E-state index >= 15 is 0 Å². The first-order valence-electron chi connectivity index (χ1n) is 9.78. The van der Waals surface area contributed by atoms with Gasteiger partial charge in [-0.15, -0.1) is 0 Å². The molecule has 0 aromatic heterocycles. The number of nitrogens with zero attached hydrogens (tertiary/aromatic N) is 1. The molecular formula is C22H26FN3O2. The minimum absolute atomic E-state index is 0.213. The Morgan fingerprint density at radius 2 is 2.11 bits per heavy atom. The van der Waals surface area contributed by atoms with Crippen molar-refractivity contribution in [3.8, 4) is 5.75 Å². The molecule has 2 aromatic rings. The number of aryl methyl sites for hydroxylation is 1. The lowest BCUT2D eigenvalue weighted by atomic mass is 10.0. The summed E-state index contributed by atoms with van der Waals surface area (Å²) in [4.78, 5) is 4.31. The van der Waals surface area contributed by atoms with Crippen LogP contribution in [-0.2, 0) is 24.2 Å². The number of nitrogens with one attached hydrogen (secondary N) is 2. The standard InChI is InChI=1S/C22H26FN3O2/c1-24-22(26-12-17-7-6-15-4-2-3-5-20(15)17)25-9-8-16-10-19(23)11-18-13-27-14-28-21(16)18/h2-5,10-11,17H,6-9,12-14H2,1H3,(H2,24,25,26). The van der Waals surface area contributed by atoms with Crippen molar-refractivity contribution in [2.45, 2.75) is 31.8 Å². The third-order valence-electron chi connectivity index (χ3n) is 5.44. The number of ether oxygens (including phenoxy) is 2. The summed E-state index contributed by atoms with van der Waals surface area (Å²) in [6.45, 7) is 2.10. The maximum absolute atomic E-state index is 13.9. The Labute approximate surface area is 165 Å². The van der Waals surface area contributed by atoms with E-state index in [0.29, 0.717) is 25.5 Å². The Bertz CT molecular complexity index is 869. The van der Waals surface area contributed by atoms with Crippen molar-refractivity contribution < 1.29 is 13.9 Å². The van der Waals surface area contributed by atoms with Crippen LogP contribution in [0.25, 0.3) is 0 Å². The largest absolute Gasteiger partial charge is 0.467 e. The molecule has 1 unspecified atom stereocenters. The van der Waals surface area contributed by atoms with E-state index in [1.807, 2.05) is 0 Å². The summed E-state index contributed by atoms with van der Waals surface area (Å²) in [6.07, 6.45) is 2.95. The molecule has 0 radical (unpaired) electrons. The van der Waals surface area contributed by atoms with Crippen molar-refractivity contribution in [1.82, 2.24) is 10.6 Å². The number of hydrogen-bond donors (Lipinski definition) is 2. The minimum atomic E-state index is -0.259. The Balaban J connectivity index is 1.31. The van der Waals surface area contributed by atoms with E-state index in [9.17, 15) is 4.39 Å². The number of guanidine groups is 1. The van der Waals surface area contributed by atoms with Crippen molar-refractivity contribution in [1.29, 1.82) is 0 Å². The molecule has 6 heteroatoms. The van der Waals surface area contributed by atoms with Crippen LogP contribution in [0.1, 0.15) is 34.6 Å². The molecule has 2 aromatic carbocycles. The summed E-state index contributed by atoms with van der Waals surface area (Å²) in [7, 11) is 1.77. The van der Waals surface area contributed by atoms with Gasteiger partial charge in [-0.1, -0.05) is 24.3 Å². The summed E-state index contributed by atoms with van der Waals surface area (Å²) >= 11 is 0. The van der Waals surface area contributed by atoms with Crippen LogP contribution in [0.4, 0.5) is 4.39 Å². The van der Waals surface area contributed by atoms with Gasteiger partial charge in [0.05, 0.1) is 6.61 Å². The fourth-order valence-corrected chi connectivity index (χ4v) is 4.06. The lowest BCUT2D eigenvalue weighted by Gasteiger charge is -2.21. The van der Waals surface area contributed by atoms with E-state index in [1.54, 1.807) is 7.05 Å². The van der Waals surface area contributed by atoms with Crippen molar-refractivity contribution in [3.63, 3.8) is 0 Å². The first-order valence-corrected chi connectivity index (χ1v) is 9.78. The highest BCUT2D eigenvalue weighted by Crippen LogP contribution is 2.32. The third kappa shape index (κ3) is 4.12. The molecule has 1 aliphatic heterocycles. The molecule has 1 heterocycles. The van der Waals surface area contributed by atoms with Gasteiger partial charge < -0.3 is 20.1 Å². The van der Waals surface area contributed by atoms with Crippen LogP contribution in [0.5, 0.6) is 5.75 Å². The van der Waals surface area contributed by atoms with Gasteiger partial charge >= 0.3 is 0 Å². The van der Waals surface area contributed by atoms with Gasteiger partial charge in [0.2, 0.25) is 0 Å². The van der Waals surface area contributed by atoms with Crippen LogP contribution in [0.3, 0.4) is 0 Å². The molecule has 0 amide bonds. The van der Waals surface area contributed by atoms with Gasteiger partial charge in [-0.25, -0.2) is 4.39 Å². The minimum Gasteiger partial charge on any atom is -0.467 e. The molecule has 4 rings (SSSR count). The highest BCUT2D eigenvalue weighted by molar-refractivity contribution is 5.79. The molecule has 5 nitrogen and oxygen atoms in total. The number of rotatable bonds is 5. The van der Waals surface area contributed by atoms with Crippen LogP contribution in [0.15, 0.2) is 41.4 Å². The first-order chi connectivity index (χ1) is 13.7. The average molecular weight is 383 g/mol. The van der Waals surface area contributed by atoms with Gasteiger partial charge in [0.1, 0.15) is 11.6 Å². The third-order valence-corrected chi connectivity index (χ3v) is 5.44. The predicted octanol–water partition coefficient (Wildman–Crippen LogP) is 3.13. The first kappa shape index (κ1) is 18.7. The number of hydrogen-bond acceptors (Lipinski definition) is 3. The molecular weight excluding hydrogens is 357 g/mol. The summed E-state index contributed by atoms with van der Waals surface area (Å²) in [5, 5.41) is 6.75. The van der Waals surface area contributed by atoms with Crippen LogP contribution in [0, 0.1) is 5.82 Å². The fourth-order valence-electron chi connectivity index (χ4n) is 4.06. The Hall–Kier alpha value is -2.60. The average Bonchev–Trinajstić information content (AvgIpc) is 3.13. The maximum Gasteiger partial charge on any atom is 0.191 e. The molecule has 0 bridgehead atoms. The molecule has 2 aliphatic rings. The van der Waals surface area contributed by atoms with Crippen LogP contribution >= 0.6 is 0 Å². The number of aliphatic imine (C=N–C) groups is 1. The van der Waals surface area contributed by atoms with Crippen molar-refractivity contribution >= 4 is 5.96 Å². The summed E-state index contributed by atoms with van der Waals surface area (Å²) in [5.41, 5.74) is 4.52. The Kier molecular flexibility index (Phi) is 5.76. The fraction of sp³-hybridized carbons (Fsp3) is 0.409. The molecule has 2 N–H and O–H groups in total. The number of benzene rings is 2. The van der Waals surface area contributed by atoms with Gasteiger partial charge in [-0.05, 0) is 48.1 Å². The van der Waals surface area contributed by atoms with Crippen LogP contribution < -0.4 is 15.4 Å². The second-order valence-electron chi connectivity index (χ2n) is 7.23. The Morgan fingerprint density at radius 1 is 1.21 bits per heavy atom. The van der Waals surface area contributed by atoms with E-state index < -0.39 is 0 Å². The van der Waals surface area contributed by atoms with E-state index in [2.05, 4.69) is 39.9 Å². The molecule has 0 spiro atoms. The second-order valence-corrected chi connectivity index (χ2v) is 7.23. The molecule has 0 fully saturated rings. The zero-order valence-electron chi connectivity index (χ0n) is 16.1. The van der Waals surface area contributed by atoms with Crippen molar-refractivity contribution in [2.75, 3.05) is 26.9 Å². The molecule has 28 heavy (non-hydrogen) atoms. The quantitative estimate of drug-likeness (QED) is 0.615. The van der Waals surface area contributed by atoms with E-state index in [0.717, 1.165) is 42.2 Å². The van der Waals surface area contributed by atoms with Crippen LogP contribution in [0.2, 0.25) is 0 Å². The normalized spacial score (nSPS) is 18.2. The zero-order valence-corrected chi connectivity index (χ0v) is 16.1. The summed E-state index contributed by atoms with van der Waals surface area (Å²) in [5.74, 6) is 1.77. The highest BCUT2D eigenvalue weighted by Gasteiger charge is 2.22. The molecule has 1 atom stereocenters. The number of fused-ring (bicyclic) bond motifs is 2. The topological polar surface area (TPSA) is 54.9 Å². The lowest BCUT2D eigenvalue weighted by Crippen LogP contribution is -2.40. The van der Waals surface area contributed by atoms with Gasteiger partial charge in [0.15, 0.2) is 12.8 Å². The van der Waals surface area contributed by atoms with E-state index in [-0.39, 0.29) is 12.6 Å². The highest BCUT2D eigenvalue weighted by atomic mass is 19.1. The zero-order chi connectivity index (χ0) is 19.3. The molecule has 148 valence electrons. The van der Waals surface area contributed by atoms with Gasteiger partial charge in [0, 0.05) is 31.6 Å². The monoisotopic (exact) mass is 383 g/mol. The predicted molar refractivity (Wildman–Crippen MR) is 107 cm³/mol. The second kappa shape index (κ2) is 8.61. The molecule has 0 saturated carbocycles. The van der Waals surface area contributed by atoms with E-state index in [4.69, 9.17) is 9.47 Å². The maximum atomic E-state index is 13.9. The number of halogens is 1. The van der Waals surface area contributed by atoms with Crippen LogP contribution in [-0.4, -0.2) is 32.9 Å². The van der Waals surface area contributed by atoms with E-state index in [1.165, 1.54) is 23.3 Å². The summed E-state index contributed by atoms with van der Waals surface area (Å²) in [6, 6.07) is 11.7. The van der Waals surface area contributed by atoms with Crippen molar-refractivity contribution in [2.24, 2.45) is 4.99 Å². The molecule has 0 saturated heterocycles. The Morgan fingerprint density at radius 3 is 3.00 bits per heavy atom. The smallest absolute Gasteiger partial charge is 0.191 e. The van der Waals surface area contributed by atoms with Gasteiger partial charge in [0.25, 0.3) is 0 Å². The SMILES string of the molecule is CN=C(NCCc1cc(F)cc2c1OCOC2)NCC1CCc2ccccc21. The van der Waals surface area contributed by atoms with Gasteiger partial charge in [-0.2, -0.15) is 0 Å². The lowest BCUT2D eigenvalue weighted by molar-refractivity contribution is -0.0172. The molecule has 1 aliphatic carbocycles. The van der Waals surface area contributed by atoms with Crippen molar-refractivity contribution in [3.05, 3.63) is 64.5 Å².